The first-order valence-corrected chi connectivity index (χ1v) is 9.80. The smallest absolute Gasteiger partial charge is 0.231 e. The van der Waals surface area contributed by atoms with Crippen molar-refractivity contribution in [2.75, 3.05) is 39.6 Å². The molecule has 9 heteroatoms. The van der Waals surface area contributed by atoms with E-state index in [1.165, 1.54) is 0 Å². The maximum atomic E-state index is 12.8. The maximum absolute atomic E-state index is 12.8. The van der Waals surface area contributed by atoms with Crippen molar-refractivity contribution in [3.63, 3.8) is 0 Å². The summed E-state index contributed by atoms with van der Waals surface area (Å²) in [5, 5.41) is 2.90. The van der Waals surface area contributed by atoms with Gasteiger partial charge in [-0.1, -0.05) is 0 Å². The topological polar surface area (TPSA) is 95.6 Å². The first-order chi connectivity index (χ1) is 15.0. The van der Waals surface area contributed by atoms with Gasteiger partial charge in [0.1, 0.15) is 5.75 Å². The lowest BCUT2D eigenvalue weighted by molar-refractivity contribution is -0.126. The van der Waals surface area contributed by atoms with Gasteiger partial charge in [0.2, 0.25) is 18.6 Å². The van der Waals surface area contributed by atoms with Crippen molar-refractivity contribution in [2.24, 2.45) is 5.92 Å². The molecule has 2 aromatic carbocycles. The average molecular weight is 428 g/mol. The Hall–Kier alpha value is -3.62. The molecule has 1 saturated heterocycles. The molecule has 31 heavy (non-hydrogen) atoms. The van der Waals surface area contributed by atoms with Gasteiger partial charge in [0.15, 0.2) is 23.0 Å². The normalized spacial score (nSPS) is 16.9. The molecule has 2 amide bonds. The first-order valence-electron chi connectivity index (χ1n) is 9.80. The summed E-state index contributed by atoms with van der Waals surface area (Å²) in [6.07, 6.45) is 0.142. The molecule has 0 spiro atoms. The van der Waals surface area contributed by atoms with Crippen molar-refractivity contribution in [3.05, 3.63) is 35.9 Å². The Bertz CT molecular complexity index is 1010. The number of methoxy groups -OCH3 is 3. The highest BCUT2D eigenvalue weighted by atomic mass is 16.7. The van der Waals surface area contributed by atoms with Gasteiger partial charge in [0.25, 0.3) is 0 Å². The third-order valence-corrected chi connectivity index (χ3v) is 5.40. The Labute approximate surface area is 179 Å². The van der Waals surface area contributed by atoms with E-state index < -0.39 is 5.92 Å². The summed E-state index contributed by atoms with van der Waals surface area (Å²) in [6.45, 7) is 0.696. The minimum Gasteiger partial charge on any atom is -0.496 e. The zero-order valence-electron chi connectivity index (χ0n) is 17.6. The van der Waals surface area contributed by atoms with Crippen LogP contribution in [0.15, 0.2) is 30.3 Å². The summed E-state index contributed by atoms with van der Waals surface area (Å²) in [7, 11) is 4.63. The number of carbonyl (C=O) groups is 2. The highest BCUT2D eigenvalue weighted by Crippen LogP contribution is 2.37. The number of benzene rings is 2. The van der Waals surface area contributed by atoms with Crippen LogP contribution in [-0.4, -0.2) is 46.5 Å². The Morgan fingerprint density at radius 3 is 2.48 bits per heavy atom. The van der Waals surface area contributed by atoms with E-state index in [1.807, 2.05) is 0 Å². The van der Waals surface area contributed by atoms with Gasteiger partial charge in [-0.05, 0) is 18.2 Å². The van der Waals surface area contributed by atoms with E-state index in [-0.39, 0.29) is 31.6 Å². The number of carbonyl (C=O) groups excluding carboxylic acids is 2. The molecule has 1 unspecified atom stereocenters. The second-order valence-corrected chi connectivity index (χ2v) is 7.18. The highest BCUT2D eigenvalue weighted by molar-refractivity contribution is 6.00. The van der Waals surface area contributed by atoms with Crippen molar-refractivity contribution in [3.8, 4) is 28.7 Å². The molecule has 2 aliphatic rings. The van der Waals surface area contributed by atoms with Crippen LogP contribution in [-0.2, 0) is 16.1 Å². The Kier molecular flexibility index (Phi) is 5.75. The first kappa shape index (κ1) is 20.6. The number of fused-ring (bicyclic) bond motifs is 1. The van der Waals surface area contributed by atoms with Crippen molar-refractivity contribution < 1.29 is 33.3 Å². The molecule has 2 aromatic rings. The van der Waals surface area contributed by atoms with Crippen molar-refractivity contribution in [1.82, 2.24) is 5.32 Å². The zero-order chi connectivity index (χ0) is 22.0. The van der Waals surface area contributed by atoms with Crippen LogP contribution >= 0.6 is 0 Å². The summed E-state index contributed by atoms with van der Waals surface area (Å²) in [4.78, 5) is 26.9. The predicted octanol–water partition coefficient (Wildman–Crippen LogP) is 2.11. The van der Waals surface area contributed by atoms with Gasteiger partial charge in [-0.3, -0.25) is 9.59 Å². The molecule has 2 aliphatic heterocycles. The lowest BCUT2D eigenvalue weighted by atomic mass is 10.1. The third kappa shape index (κ3) is 4.03. The van der Waals surface area contributed by atoms with Crippen LogP contribution in [0.1, 0.15) is 12.0 Å². The van der Waals surface area contributed by atoms with E-state index >= 15 is 0 Å². The van der Waals surface area contributed by atoms with Crippen LogP contribution in [0.3, 0.4) is 0 Å². The van der Waals surface area contributed by atoms with Crippen LogP contribution in [0, 0.1) is 5.92 Å². The monoisotopic (exact) mass is 428 g/mol. The molecule has 0 aromatic heterocycles. The van der Waals surface area contributed by atoms with Gasteiger partial charge in [-0.2, -0.15) is 0 Å². The number of hydrogen-bond acceptors (Lipinski definition) is 7. The summed E-state index contributed by atoms with van der Waals surface area (Å²) >= 11 is 0. The molecule has 0 radical (unpaired) electrons. The largest absolute Gasteiger partial charge is 0.496 e. The third-order valence-electron chi connectivity index (χ3n) is 5.40. The van der Waals surface area contributed by atoms with Gasteiger partial charge in [0, 0.05) is 42.9 Å². The standard InChI is InChI=1S/C22H24N2O7/c1-27-17-9-19(29-3)18(28-2)6-13(17)10-23-22(26)14-7-21(25)24(11-14)15-4-5-16-20(8-15)31-12-30-16/h4-6,8-9,14H,7,10-12H2,1-3H3,(H,23,26). The van der Waals surface area contributed by atoms with E-state index in [0.29, 0.717) is 41.0 Å². The van der Waals surface area contributed by atoms with Gasteiger partial charge < -0.3 is 33.9 Å². The predicted molar refractivity (Wildman–Crippen MR) is 111 cm³/mol. The number of nitrogens with zero attached hydrogens (tertiary/aromatic N) is 1. The van der Waals surface area contributed by atoms with Crippen LogP contribution in [0.2, 0.25) is 0 Å². The SMILES string of the molecule is COc1cc(OC)c(OC)cc1CNC(=O)C1CC(=O)N(c2ccc3c(c2)OCO3)C1. The molecule has 9 nitrogen and oxygen atoms in total. The van der Waals surface area contributed by atoms with Gasteiger partial charge in [0.05, 0.1) is 27.2 Å². The fourth-order valence-corrected chi connectivity index (χ4v) is 3.74. The van der Waals surface area contributed by atoms with Crippen LogP contribution < -0.4 is 33.9 Å². The van der Waals surface area contributed by atoms with Gasteiger partial charge in [-0.15, -0.1) is 0 Å². The van der Waals surface area contributed by atoms with E-state index in [9.17, 15) is 9.59 Å². The second-order valence-electron chi connectivity index (χ2n) is 7.18. The summed E-state index contributed by atoms with van der Waals surface area (Å²) in [5.41, 5.74) is 1.43. The minimum absolute atomic E-state index is 0.109. The van der Waals surface area contributed by atoms with Crippen LogP contribution in [0.25, 0.3) is 0 Å². The number of rotatable bonds is 7. The quantitative estimate of drug-likeness (QED) is 0.722. The van der Waals surface area contributed by atoms with E-state index in [0.717, 1.165) is 5.56 Å². The number of anilines is 1. The minimum atomic E-state index is -0.455. The Morgan fingerprint density at radius 1 is 1.03 bits per heavy atom. The highest BCUT2D eigenvalue weighted by Gasteiger charge is 2.35. The van der Waals surface area contributed by atoms with Crippen molar-refractivity contribution in [2.45, 2.75) is 13.0 Å². The lowest BCUT2D eigenvalue weighted by Gasteiger charge is -2.18. The molecule has 1 fully saturated rings. The number of nitrogens with one attached hydrogen (secondary N) is 1. The van der Waals surface area contributed by atoms with Crippen molar-refractivity contribution >= 4 is 17.5 Å². The number of ether oxygens (including phenoxy) is 5. The molecule has 4 rings (SSSR count). The number of hydrogen-bond donors (Lipinski definition) is 1. The lowest BCUT2D eigenvalue weighted by Crippen LogP contribution is -2.32. The molecule has 1 atom stereocenters. The van der Waals surface area contributed by atoms with E-state index in [1.54, 1.807) is 56.6 Å². The fraction of sp³-hybridized carbons (Fsp3) is 0.364. The Morgan fingerprint density at radius 2 is 1.74 bits per heavy atom. The van der Waals surface area contributed by atoms with Gasteiger partial charge >= 0.3 is 0 Å². The molecular weight excluding hydrogens is 404 g/mol. The molecule has 0 saturated carbocycles. The summed E-state index contributed by atoms with van der Waals surface area (Å²) in [6, 6.07) is 8.79. The van der Waals surface area contributed by atoms with Gasteiger partial charge in [-0.25, -0.2) is 0 Å². The zero-order valence-corrected chi connectivity index (χ0v) is 17.6. The Balaban J connectivity index is 1.42. The second kappa shape index (κ2) is 8.63. The fourth-order valence-electron chi connectivity index (χ4n) is 3.74. The molecule has 0 bridgehead atoms. The average Bonchev–Trinajstić information content (AvgIpc) is 3.42. The van der Waals surface area contributed by atoms with Crippen LogP contribution in [0.4, 0.5) is 5.69 Å². The van der Waals surface area contributed by atoms with E-state index in [2.05, 4.69) is 5.32 Å². The summed E-state index contributed by atoms with van der Waals surface area (Å²) in [5.74, 6) is 2.13. The molecule has 2 heterocycles. The molecule has 164 valence electrons. The van der Waals surface area contributed by atoms with Crippen molar-refractivity contribution in [1.29, 1.82) is 0 Å². The maximum Gasteiger partial charge on any atom is 0.231 e. The number of amides is 2. The van der Waals surface area contributed by atoms with E-state index in [4.69, 9.17) is 23.7 Å². The molecule has 1 N–H and O–H groups in total. The molecule has 0 aliphatic carbocycles. The van der Waals surface area contributed by atoms with Crippen LogP contribution in [0.5, 0.6) is 28.7 Å². The molecular formula is C22H24N2O7. The summed E-state index contributed by atoms with van der Waals surface area (Å²) < 4.78 is 26.7.